The van der Waals surface area contributed by atoms with Gasteiger partial charge in [-0.05, 0) is 58.0 Å². The third-order valence-corrected chi connectivity index (χ3v) is 5.96. The van der Waals surface area contributed by atoms with Crippen molar-refractivity contribution in [2.24, 2.45) is 10.9 Å². The van der Waals surface area contributed by atoms with Crippen molar-refractivity contribution in [3.05, 3.63) is 0 Å². The average Bonchev–Trinajstić information content (AvgIpc) is 2.67. The maximum absolute atomic E-state index is 5.45. The summed E-state index contributed by atoms with van der Waals surface area (Å²) < 4.78 is 5.45. The molecule has 0 unspecified atom stereocenters. The van der Waals surface area contributed by atoms with Crippen molar-refractivity contribution in [1.29, 1.82) is 0 Å². The van der Waals surface area contributed by atoms with E-state index < -0.39 is 0 Å². The molecule has 0 aromatic rings. The Morgan fingerprint density at radius 3 is 2.38 bits per heavy atom. The predicted octanol–water partition coefficient (Wildman–Crippen LogP) is 3.58. The molecule has 6 heteroatoms. The lowest BCUT2D eigenvalue weighted by atomic mass is 9.94. The SMILES string of the molecule is CN=C(NCCCN(C)C1CCCCC1)N(C)CCC1CCOCC1.I. The largest absolute Gasteiger partial charge is 0.381 e. The lowest BCUT2D eigenvalue weighted by Crippen LogP contribution is -2.41. The molecule has 1 aliphatic carbocycles. The van der Waals surface area contributed by atoms with E-state index in [-0.39, 0.29) is 24.0 Å². The maximum Gasteiger partial charge on any atom is 0.193 e. The summed E-state index contributed by atoms with van der Waals surface area (Å²) in [4.78, 5) is 9.30. The van der Waals surface area contributed by atoms with Crippen LogP contribution in [0.4, 0.5) is 0 Å². The fourth-order valence-electron chi connectivity index (χ4n) is 4.13. The van der Waals surface area contributed by atoms with Crippen molar-refractivity contribution in [1.82, 2.24) is 15.1 Å². The standard InChI is InChI=1S/C20H40N4O.HI/c1-21-20(24(3)15-10-18-11-16-25-17-12-18)22-13-7-14-23(2)19-8-5-4-6-9-19;/h18-19H,4-17H2,1-3H3,(H,21,22);1H. The molecule has 1 N–H and O–H groups in total. The Balaban J connectivity index is 0.00000338. The highest BCUT2D eigenvalue weighted by atomic mass is 127. The van der Waals surface area contributed by atoms with Crippen molar-refractivity contribution >= 4 is 29.9 Å². The number of nitrogens with zero attached hydrogens (tertiary/aromatic N) is 3. The third-order valence-electron chi connectivity index (χ3n) is 5.96. The Hall–Kier alpha value is -0.0800. The second-order valence-corrected chi connectivity index (χ2v) is 7.87. The van der Waals surface area contributed by atoms with Crippen LogP contribution in [0.5, 0.6) is 0 Å². The zero-order valence-corrected chi connectivity index (χ0v) is 19.5. The highest BCUT2D eigenvalue weighted by Gasteiger charge is 2.18. The van der Waals surface area contributed by atoms with Gasteiger partial charge in [-0.1, -0.05) is 19.3 Å². The summed E-state index contributed by atoms with van der Waals surface area (Å²) in [5, 5.41) is 3.54. The van der Waals surface area contributed by atoms with E-state index in [1.54, 1.807) is 0 Å². The van der Waals surface area contributed by atoms with E-state index in [1.807, 2.05) is 7.05 Å². The molecular weight excluding hydrogens is 439 g/mol. The molecule has 1 aliphatic heterocycles. The van der Waals surface area contributed by atoms with Crippen molar-refractivity contribution in [2.45, 2.75) is 63.8 Å². The smallest absolute Gasteiger partial charge is 0.193 e. The van der Waals surface area contributed by atoms with Gasteiger partial charge >= 0.3 is 0 Å². The van der Waals surface area contributed by atoms with Gasteiger partial charge in [0.05, 0.1) is 0 Å². The van der Waals surface area contributed by atoms with Crippen molar-refractivity contribution in [2.75, 3.05) is 54.0 Å². The molecule has 1 saturated carbocycles. The van der Waals surface area contributed by atoms with E-state index >= 15 is 0 Å². The Kier molecular flexibility index (Phi) is 12.9. The second-order valence-electron chi connectivity index (χ2n) is 7.87. The van der Waals surface area contributed by atoms with Crippen LogP contribution in [0.25, 0.3) is 0 Å². The molecule has 2 aliphatic rings. The van der Waals surface area contributed by atoms with Crippen LogP contribution in [0.1, 0.15) is 57.8 Å². The molecule has 0 aromatic carbocycles. The Morgan fingerprint density at radius 1 is 1.04 bits per heavy atom. The molecule has 1 heterocycles. The number of nitrogens with one attached hydrogen (secondary N) is 1. The second kappa shape index (κ2) is 14.0. The topological polar surface area (TPSA) is 40.1 Å². The molecule has 0 spiro atoms. The Labute approximate surface area is 178 Å². The number of hydrogen-bond acceptors (Lipinski definition) is 3. The highest BCUT2D eigenvalue weighted by Crippen LogP contribution is 2.21. The predicted molar refractivity (Wildman–Crippen MR) is 122 cm³/mol. The van der Waals surface area contributed by atoms with Crippen LogP contribution in [0.3, 0.4) is 0 Å². The highest BCUT2D eigenvalue weighted by molar-refractivity contribution is 14.0. The molecular formula is C20H41IN4O. The first-order valence-corrected chi connectivity index (χ1v) is 10.4. The van der Waals surface area contributed by atoms with Crippen molar-refractivity contribution in [3.8, 4) is 0 Å². The number of rotatable bonds is 8. The minimum Gasteiger partial charge on any atom is -0.381 e. The summed E-state index contributed by atoms with van der Waals surface area (Å²) in [6.07, 6.45) is 11.9. The van der Waals surface area contributed by atoms with Gasteiger partial charge < -0.3 is 19.9 Å². The lowest BCUT2D eigenvalue weighted by Gasteiger charge is -2.31. The lowest BCUT2D eigenvalue weighted by molar-refractivity contribution is 0.0625. The monoisotopic (exact) mass is 480 g/mol. The molecule has 0 atom stereocenters. The van der Waals surface area contributed by atoms with Gasteiger partial charge in [0.25, 0.3) is 0 Å². The number of guanidine groups is 1. The average molecular weight is 480 g/mol. The maximum atomic E-state index is 5.45. The Bertz CT molecular complexity index is 382. The molecule has 2 rings (SSSR count). The van der Waals surface area contributed by atoms with Crippen LogP contribution in [-0.2, 0) is 4.74 Å². The molecule has 0 radical (unpaired) electrons. The third kappa shape index (κ3) is 8.74. The molecule has 0 amide bonds. The molecule has 2 fully saturated rings. The van der Waals surface area contributed by atoms with Crippen molar-refractivity contribution in [3.63, 3.8) is 0 Å². The zero-order chi connectivity index (χ0) is 17.9. The summed E-state index contributed by atoms with van der Waals surface area (Å²) in [7, 11) is 6.34. The minimum absolute atomic E-state index is 0. The first-order valence-electron chi connectivity index (χ1n) is 10.4. The van der Waals surface area contributed by atoms with Crippen LogP contribution < -0.4 is 5.32 Å². The minimum atomic E-state index is 0. The molecule has 0 bridgehead atoms. The molecule has 26 heavy (non-hydrogen) atoms. The quantitative estimate of drug-likeness (QED) is 0.250. The fraction of sp³-hybridized carbons (Fsp3) is 0.950. The van der Waals surface area contributed by atoms with E-state index in [0.717, 1.165) is 44.2 Å². The number of hydrogen-bond donors (Lipinski definition) is 1. The van der Waals surface area contributed by atoms with Crippen LogP contribution in [0.15, 0.2) is 4.99 Å². The number of aliphatic imine (C=N–C) groups is 1. The Morgan fingerprint density at radius 2 is 1.73 bits per heavy atom. The van der Waals surface area contributed by atoms with E-state index in [4.69, 9.17) is 4.74 Å². The fourth-order valence-corrected chi connectivity index (χ4v) is 4.13. The van der Waals surface area contributed by atoms with E-state index in [0.29, 0.717) is 0 Å². The van der Waals surface area contributed by atoms with E-state index in [2.05, 4.69) is 34.2 Å². The summed E-state index contributed by atoms with van der Waals surface area (Å²) in [6.45, 7) is 5.14. The first-order chi connectivity index (χ1) is 12.2. The van der Waals surface area contributed by atoms with Crippen LogP contribution in [-0.4, -0.2) is 75.8 Å². The van der Waals surface area contributed by atoms with Crippen LogP contribution in [0, 0.1) is 5.92 Å². The summed E-state index contributed by atoms with van der Waals surface area (Å²) >= 11 is 0. The van der Waals surface area contributed by atoms with Gasteiger partial charge in [0.2, 0.25) is 0 Å². The van der Waals surface area contributed by atoms with Crippen molar-refractivity contribution < 1.29 is 4.74 Å². The molecule has 154 valence electrons. The van der Waals surface area contributed by atoms with Gasteiger partial charge in [-0.15, -0.1) is 24.0 Å². The van der Waals surface area contributed by atoms with Gasteiger partial charge in [-0.3, -0.25) is 4.99 Å². The number of halogens is 1. The van der Waals surface area contributed by atoms with Gasteiger partial charge in [0.1, 0.15) is 0 Å². The molecule has 0 aromatic heterocycles. The summed E-state index contributed by atoms with van der Waals surface area (Å²) in [5.41, 5.74) is 0. The van der Waals surface area contributed by atoms with Crippen LogP contribution >= 0.6 is 24.0 Å². The first kappa shape index (κ1) is 24.0. The summed E-state index contributed by atoms with van der Waals surface area (Å²) in [5.74, 6) is 1.85. The molecule has 1 saturated heterocycles. The number of ether oxygens (including phenoxy) is 1. The van der Waals surface area contributed by atoms with Gasteiger partial charge in [0.15, 0.2) is 5.96 Å². The van der Waals surface area contributed by atoms with Gasteiger partial charge in [-0.25, -0.2) is 0 Å². The van der Waals surface area contributed by atoms with E-state index in [1.165, 1.54) is 64.3 Å². The van der Waals surface area contributed by atoms with Crippen LogP contribution in [0.2, 0.25) is 0 Å². The van der Waals surface area contributed by atoms with Gasteiger partial charge in [-0.2, -0.15) is 0 Å². The van der Waals surface area contributed by atoms with E-state index in [9.17, 15) is 0 Å². The zero-order valence-electron chi connectivity index (χ0n) is 17.2. The normalized spacial score (nSPS) is 20.1. The summed E-state index contributed by atoms with van der Waals surface area (Å²) in [6, 6.07) is 0.815. The van der Waals surface area contributed by atoms with Gasteiger partial charge in [0, 0.05) is 46.4 Å². The molecule has 5 nitrogen and oxygen atoms in total.